The molecule has 1 heterocycles. The summed E-state index contributed by atoms with van der Waals surface area (Å²) in [5, 5.41) is 4.88. The molecule has 112 valence electrons. The molecule has 2 aromatic rings. The van der Waals surface area contributed by atoms with Gasteiger partial charge in [0.15, 0.2) is 5.76 Å². The Balaban J connectivity index is 1.67. The van der Waals surface area contributed by atoms with Crippen molar-refractivity contribution in [2.24, 2.45) is 0 Å². The van der Waals surface area contributed by atoms with Gasteiger partial charge in [0.25, 0.3) is 0 Å². The highest BCUT2D eigenvalue weighted by molar-refractivity contribution is 6.30. The predicted molar refractivity (Wildman–Crippen MR) is 82.3 cm³/mol. The number of aromatic nitrogens is 1. The molecule has 0 amide bonds. The maximum atomic E-state index is 5.90. The van der Waals surface area contributed by atoms with Crippen LogP contribution in [-0.4, -0.2) is 36.4 Å². The summed E-state index contributed by atoms with van der Waals surface area (Å²) < 4.78 is 10.6. The second-order valence-electron chi connectivity index (χ2n) is 5.38. The minimum atomic E-state index is 0.671. The highest BCUT2D eigenvalue weighted by Gasteiger charge is 2.29. The van der Waals surface area contributed by atoms with Crippen molar-refractivity contribution in [1.29, 1.82) is 0 Å². The summed E-state index contributed by atoms with van der Waals surface area (Å²) in [6.45, 7) is 2.46. The van der Waals surface area contributed by atoms with E-state index in [1.165, 1.54) is 12.8 Å². The standard InChI is InChI=1S/C16H19ClN2O2/c1-20-9-8-19(14-6-7-14)11-15-10-16(18-21-15)12-2-4-13(17)5-3-12/h2-5,10,14H,6-9,11H2,1H3. The van der Waals surface area contributed by atoms with Crippen LogP contribution in [0.15, 0.2) is 34.9 Å². The van der Waals surface area contributed by atoms with Crippen molar-refractivity contribution in [2.75, 3.05) is 20.3 Å². The molecule has 0 N–H and O–H groups in total. The molecule has 0 spiro atoms. The first kappa shape index (κ1) is 14.6. The Morgan fingerprint density at radius 3 is 2.76 bits per heavy atom. The topological polar surface area (TPSA) is 38.5 Å². The van der Waals surface area contributed by atoms with Gasteiger partial charge < -0.3 is 9.26 Å². The molecule has 5 heteroatoms. The van der Waals surface area contributed by atoms with Crippen LogP contribution in [0, 0.1) is 0 Å². The van der Waals surface area contributed by atoms with Crippen molar-refractivity contribution >= 4 is 11.6 Å². The van der Waals surface area contributed by atoms with E-state index >= 15 is 0 Å². The summed E-state index contributed by atoms with van der Waals surface area (Å²) in [7, 11) is 1.73. The van der Waals surface area contributed by atoms with Crippen molar-refractivity contribution in [3.8, 4) is 11.3 Å². The van der Waals surface area contributed by atoms with Gasteiger partial charge in [0.1, 0.15) is 5.69 Å². The molecule has 21 heavy (non-hydrogen) atoms. The van der Waals surface area contributed by atoms with Crippen LogP contribution in [0.3, 0.4) is 0 Å². The second-order valence-corrected chi connectivity index (χ2v) is 5.82. The average Bonchev–Trinajstić information content (AvgIpc) is 3.24. The molecule has 0 radical (unpaired) electrons. The first-order chi connectivity index (χ1) is 10.3. The highest BCUT2D eigenvalue weighted by Crippen LogP contribution is 2.29. The zero-order chi connectivity index (χ0) is 14.7. The van der Waals surface area contributed by atoms with E-state index in [1.807, 2.05) is 30.3 Å². The van der Waals surface area contributed by atoms with Gasteiger partial charge in [-0.1, -0.05) is 28.9 Å². The van der Waals surface area contributed by atoms with Gasteiger partial charge in [0, 0.05) is 36.3 Å². The Bertz CT molecular complexity index is 578. The molecule has 1 fully saturated rings. The Labute approximate surface area is 129 Å². The molecule has 1 saturated carbocycles. The molecule has 1 aliphatic rings. The van der Waals surface area contributed by atoms with E-state index in [1.54, 1.807) is 7.11 Å². The molecular formula is C16H19ClN2O2. The fourth-order valence-corrected chi connectivity index (χ4v) is 2.51. The average molecular weight is 307 g/mol. The lowest BCUT2D eigenvalue weighted by molar-refractivity contribution is 0.132. The van der Waals surface area contributed by atoms with E-state index in [-0.39, 0.29) is 0 Å². The molecule has 0 bridgehead atoms. The SMILES string of the molecule is COCCN(Cc1cc(-c2ccc(Cl)cc2)no1)C1CC1. The predicted octanol–water partition coefficient (Wildman–Crippen LogP) is 3.61. The van der Waals surface area contributed by atoms with E-state index in [0.29, 0.717) is 6.04 Å². The summed E-state index contributed by atoms with van der Waals surface area (Å²) in [6.07, 6.45) is 2.53. The number of nitrogens with zero attached hydrogens (tertiary/aromatic N) is 2. The Kier molecular flexibility index (Phi) is 4.58. The molecule has 1 aromatic heterocycles. The number of methoxy groups -OCH3 is 1. The van der Waals surface area contributed by atoms with Crippen molar-refractivity contribution in [3.63, 3.8) is 0 Å². The molecular weight excluding hydrogens is 288 g/mol. The zero-order valence-electron chi connectivity index (χ0n) is 12.1. The monoisotopic (exact) mass is 306 g/mol. The Morgan fingerprint density at radius 2 is 2.10 bits per heavy atom. The van der Waals surface area contributed by atoms with Gasteiger partial charge in [0.05, 0.1) is 13.2 Å². The summed E-state index contributed by atoms with van der Waals surface area (Å²) >= 11 is 5.90. The first-order valence-electron chi connectivity index (χ1n) is 7.21. The van der Waals surface area contributed by atoms with Crippen molar-refractivity contribution in [3.05, 3.63) is 41.1 Å². The summed E-state index contributed by atoms with van der Waals surface area (Å²) in [5.41, 5.74) is 1.87. The lowest BCUT2D eigenvalue weighted by atomic mass is 10.1. The summed E-state index contributed by atoms with van der Waals surface area (Å²) in [6, 6.07) is 10.3. The quantitative estimate of drug-likeness (QED) is 0.783. The van der Waals surface area contributed by atoms with Gasteiger partial charge in [-0.25, -0.2) is 0 Å². The minimum Gasteiger partial charge on any atom is -0.383 e. The summed E-state index contributed by atoms with van der Waals surface area (Å²) in [5.74, 6) is 0.892. The van der Waals surface area contributed by atoms with Crippen molar-refractivity contribution in [1.82, 2.24) is 10.1 Å². The molecule has 4 nitrogen and oxygen atoms in total. The number of hydrogen-bond donors (Lipinski definition) is 0. The van der Waals surface area contributed by atoms with Crippen LogP contribution in [0.4, 0.5) is 0 Å². The zero-order valence-corrected chi connectivity index (χ0v) is 12.8. The Hall–Kier alpha value is -1.36. The number of benzene rings is 1. The molecule has 1 aliphatic carbocycles. The number of rotatable bonds is 7. The third-order valence-corrected chi connectivity index (χ3v) is 3.96. The lowest BCUT2D eigenvalue weighted by Crippen LogP contribution is -2.28. The number of hydrogen-bond acceptors (Lipinski definition) is 4. The smallest absolute Gasteiger partial charge is 0.151 e. The van der Waals surface area contributed by atoms with Gasteiger partial charge in [-0.3, -0.25) is 4.90 Å². The van der Waals surface area contributed by atoms with E-state index in [0.717, 1.165) is 41.7 Å². The fourth-order valence-electron chi connectivity index (χ4n) is 2.38. The van der Waals surface area contributed by atoms with Crippen LogP contribution in [0.5, 0.6) is 0 Å². The molecule has 1 aromatic carbocycles. The van der Waals surface area contributed by atoms with Gasteiger partial charge in [-0.15, -0.1) is 0 Å². The number of ether oxygens (including phenoxy) is 1. The molecule has 0 unspecified atom stereocenters. The Morgan fingerprint density at radius 1 is 1.33 bits per heavy atom. The lowest BCUT2D eigenvalue weighted by Gasteiger charge is -2.19. The highest BCUT2D eigenvalue weighted by atomic mass is 35.5. The first-order valence-corrected chi connectivity index (χ1v) is 7.58. The maximum Gasteiger partial charge on any atom is 0.151 e. The maximum absolute atomic E-state index is 5.90. The van der Waals surface area contributed by atoms with Gasteiger partial charge in [0.2, 0.25) is 0 Å². The van der Waals surface area contributed by atoms with E-state index < -0.39 is 0 Å². The van der Waals surface area contributed by atoms with Gasteiger partial charge >= 0.3 is 0 Å². The van der Waals surface area contributed by atoms with Crippen molar-refractivity contribution in [2.45, 2.75) is 25.4 Å². The van der Waals surface area contributed by atoms with Crippen LogP contribution >= 0.6 is 11.6 Å². The second kappa shape index (κ2) is 6.60. The molecule has 3 rings (SSSR count). The number of halogens is 1. The third kappa shape index (κ3) is 3.84. The van der Waals surface area contributed by atoms with Gasteiger partial charge in [-0.2, -0.15) is 0 Å². The third-order valence-electron chi connectivity index (χ3n) is 3.70. The summed E-state index contributed by atoms with van der Waals surface area (Å²) in [4.78, 5) is 2.40. The van der Waals surface area contributed by atoms with Crippen LogP contribution < -0.4 is 0 Å². The van der Waals surface area contributed by atoms with Crippen LogP contribution in [0.2, 0.25) is 5.02 Å². The van der Waals surface area contributed by atoms with Crippen molar-refractivity contribution < 1.29 is 9.26 Å². The van der Waals surface area contributed by atoms with E-state index in [4.69, 9.17) is 20.9 Å². The van der Waals surface area contributed by atoms with E-state index in [2.05, 4.69) is 10.1 Å². The minimum absolute atomic E-state index is 0.671. The van der Waals surface area contributed by atoms with Crippen LogP contribution in [-0.2, 0) is 11.3 Å². The van der Waals surface area contributed by atoms with Crippen LogP contribution in [0.25, 0.3) is 11.3 Å². The largest absolute Gasteiger partial charge is 0.383 e. The normalized spacial score (nSPS) is 14.8. The molecule has 0 saturated heterocycles. The van der Waals surface area contributed by atoms with E-state index in [9.17, 15) is 0 Å². The molecule has 0 atom stereocenters. The fraction of sp³-hybridized carbons (Fsp3) is 0.438. The van der Waals surface area contributed by atoms with Gasteiger partial charge in [-0.05, 0) is 25.0 Å². The molecule has 0 aliphatic heterocycles. The van der Waals surface area contributed by atoms with Crippen LogP contribution in [0.1, 0.15) is 18.6 Å².